The van der Waals surface area contributed by atoms with Crippen LogP contribution in [0.15, 0.2) is 58.4 Å². The zero-order chi connectivity index (χ0) is 16.4. The molecule has 1 aliphatic heterocycles. The van der Waals surface area contributed by atoms with Crippen molar-refractivity contribution in [2.24, 2.45) is 0 Å². The molecular weight excluding hydrogens is 380 g/mol. The lowest BCUT2D eigenvalue weighted by atomic mass is 9.96. The molecule has 4 heteroatoms. The molecule has 1 aliphatic rings. The third-order valence-corrected chi connectivity index (χ3v) is 6.45. The summed E-state index contributed by atoms with van der Waals surface area (Å²) >= 11 is 5.65. The van der Waals surface area contributed by atoms with Gasteiger partial charge in [-0.05, 0) is 47.0 Å². The van der Waals surface area contributed by atoms with E-state index in [1.54, 1.807) is 0 Å². The summed E-state index contributed by atoms with van der Waals surface area (Å²) in [6.07, 6.45) is 1.20. The van der Waals surface area contributed by atoms with Gasteiger partial charge in [-0.1, -0.05) is 52.3 Å². The van der Waals surface area contributed by atoms with Crippen molar-refractivity contribution < 1.29 is 0 Å². The average Bonchev–Trinajstić information content (AvgIpc) is 2.84. The lowest BCUT2D eigenvalue weighted by Gasteiger charge is -2.31. The molecule has 1 N–H and O–H groups in total. The van der Waals surface area contributed by atoms with Gasteiger partial charge < -0.3 is 5.32 Å². The molecule has 0 amide bonds. The topological polar surface area (TPSA) is 15.3 Å². The predicted molar refractivity (Wildman–Crippen MR) is 107 cm³/mol. The number of benzene rings is 2. The minimum Gasteiger partial charge on any atom is -0.315 e. The lowest BCUT2D eigenvalue weighted by Crippen LogP contribution is -2.33. The van der Waals surface area contributed by atoms with Crippen LogP contribution < -0.4 is 5.32 Å². The van der Waals surface area contributed by atoms with E-state index in [-0.39, 0.29) is 0 Å². The van der Waals surface area contributed by atoms with Crippen molar-refractivity contribution in [3.8, 4) is 0 Å². The molecule has 2 aromatic carbocycles. The zero-order valence-electron chi connectivity index (χ0n) is 13.5. The number of nitrogens with zero attached hydrogens (tertiary/aromatic N) is 1. The fourth-order valence-electron chi connectivity index (χ4n) is 3.59. The van der Waals surface area contributed by atoms with Crippen molar-refractivity contribution in [1.82, 2.24) is 10.2 Å². The summed E-state index contributed by atoms with van der Waals surface area (Å²) < 4.78 is 2.57. The molecule has 2 nitrogen and oxygen atoms in total. The maximum absolute atomic E-state index is 3.79. The molecule has 124 valence electrons. The summed E-state index contributed by atoms with van der Waals surface area (Å²) in [7, 11) is 0. The molecule has 4 rings (SSSR count). The number of nitrogens with one attached hydrogen (secondary N) is 1. The van der Waals surface area contributed by atoms with E-state index in [0.717, 1.165) is 26.2 Å². The Bertz CT molecular complexity index is 821. The summed E-state index contributed by atoms with van der Waals surface area (Å²) in [5, 5.41) is 7.27. The van der Waals surface area contributed by atoms with E-state index in [2.05, 4.69) is 80.1 Å². The summed E-state index contributed by atoms with van der Waals surface area (Å²) in [4.78, 5) is 2.63. The molecule has 1 fully saturated rings. The normalized spacial score (nSPS) is 17.7. The monoisotopic (exact) mass is 400 g/mol. The molecule has 1 unspecified atom stereocenters. The molecule has 1 saturated heterocycles. The Morgan fingerprint density at radius 3 is 2.71 bits per heavy atom. The Kier molecular flexibility index (Phi) is 4.99. The summed E-state index contributed by atoms with van der Waals surface area (Å²) in [5.41, 5.74) is 2.80. The highest BCUT2D eigenvalue weighted by molar-refractivity contribution is 9.10. The predicted octanol–water partition coefficient (Wildman–Crippen LogP) is 5.05. The maximum Gasteiger partial charge on any atom is 0.0627 e. The molecule has 0 saturated carbocycles. The van der Waals surface area contributed by atoms with Crippen LogP contribution in [0.1, 0.15) is 23.6 Å². The number of rotatable bonds is 3. The van der Waals surface area contributed by atoms with E-state index in [1.165, 1.54) is 32.1 Å². The van der Waals surface area contributed by atoms with Gasteiger partial charge in [-0.2, -0.15) is 0 Å². The van der Waals surface area contributed by atoms with Crippen molar-refractivity contribution in [2.75, 3.05) is 26.2 Å². The Labute approximate surface area is 155 Å². The Balaban J connectivity index is 1.85. The standard InChI is InChI=1S/C20H21BrN2S/c21-18-8-3-1-7-16(18)20(23-12-5-10-22-11-13-23)17-14-24-19-9-4-2-6-15(17)19/h1-4,6-9,14,20,22H,5,10-13H2. The summed E-state index contributed by atoms with van der Waals surface area (Å²) in [5.74, 6) is 0. The minimum atomic E-state index is 0.302. The molecule has 1 atom stereocenters. The van der Waals surface area contributed by atoms with Crippen LogP contribution in [0.4, 0.5) is 0 Å². The van der Waals surface area contributed by atoms with Gasteiger partial charge in [0.1, 0.15) is 0 Å². The van der Waals surface area contributed by atoms with Gasteiger partial charge in [0.05, 0.1) is 6.04 Å². The van der Waals surface area contributed by atoms with E-state index in [9.17, 15) is 0 Å². The molecule has 0 bridgehead atoms. The first kappa shape index (κ1) is 16.3. The van der Waals surface area contributed by atoms with E-state index in [4.69, 9.17) is 0 Å². The highest BCUT2D eigenvalue weighted by Gasteiger charge is 2.26. The largest absolute Gasteiger partial charge is 0.315 e. The number of thiophene rings is 1. The molecule has 0 aliphatic carbocycles. The first-order chi connectivity index (χ1) is 11.8. The summed E-state index contributed by atoms with van der Waals surface area (Å²) in [6, 6.07) is 17.7. The zero-order valence-corrected chi connectivity index (χ0v) is 15.9. The van der Waals surface area contributed by atoms with Gasteiger partial charge in [0.25, 0.3) is 0 Å². The van der Waals surface area contributed by atoms with Crippen molar-refractivity contribution >= 4 is 37.4 Å². The third kappa shape index (κ3) is 3.16. The average molecular weight is 401 g/mol. The van der Waals surface area contributed by atoms with Gasteiger partial charge in [-0.3, -0.25) is 4.90 Å². The van der Waals surface area contributed by atoms with E-state index in [1.807, 2.05) is 11.3 Å². The van der Waals surface area contributed by atoms with Gasteiger partial charge in [-0.15, -0.1) is 11.3 Å². The van der Waals surface area contributed by atoms with E-state index in [0.29, 0.717) is 6.04 Å². The number of hydrogen-bond donors (Lipinski definition) is 1. The first-order valence-electron chi connectivity index (χ1n) is 8.50. The minimum absolute atomic E-state index is 0.302. The van der Waals surface area contributed by atoms with Gasteiger partial charge >= 0.3 is 0 Å². The fraction of sp³-hybridized carbons (Fsp3) is 0.300. The van der Waals surface area contributed by atoms with Crippen molar-refractivity contribution in [3.63, 3.8) is 0 Å². The molecule has 1 aromatic heterocycles. The summed E-state index contributed by atoms with van der Waals surface area (Å²) in [6.45, 7) is 4.38. The van der Waals surface area contributed by atoms with Gasteiger partial charge in [-0.25, -0.2) is 0 Å². The van der Waals surface area contributed by atoms with Crippen molar-refractivity contribution in [2.45, 2.75) is 12.5 Å². The van der Waals surface area contributed by atoms with Crippen LogP contribution in [-0.2, 0) is 0 Å². The molecule has 2 heterocycles. The van der Waals surface area contributed by atoms with Crippen LogP contribution in [0.25, 0.3) is 10.1 Å². The highest BCUT2D eigenvalue weighted by atomic mass is 79.9. The number of hydrogen-bond acceptors (Lipinski definition) is 3. The van der Waals surface area contributed by atoms with Gasteiger partial charge in [0, 0.05) is 28.8 Å². The van der Waals surface area contributed by atoms with Crippen LogP contribution in [0.5, 0.6) is 0 Å². The Hall–Kier alpha value is -1.20. The van der Waals surface area contributed by atoms with Crippen molar-refractivity contribution in [3.05, 3.63) is 69.5 Å². The molecule has 24 heavy (non-hydrogen) atoms. The van der Waals surface area contributed by atoms with Crippen LogP contribution in [-0.4, -0.2) is 31.1 Å². The SMILES string of the molecule is Brc1ccccc1C(c1csc2ccccc12)N1CCCNCC1. The second-order valence-electron chi connectivity index (χ2n) is 6.25. The van der Waals surface area contributed by atoms with E-state index < -0.39 is 0 Å². The fourth-order valence-corrected chi connectivity index (χ4v) is 5.07. The van der Waals surface area contributed by atoms with Crippen LogP contribution in [0.2, 0.25) is 0 Å². The van der Waals surface area contributed by atoms with Crippen LogP contribution >= 0.6 is 27.3 Å². The maximum atomic E-state index is 3.79. The molecule has 0 radical (unpaired) electrons. The van der Waals surface area contributed by atoms with Crippen LogP contribution in [0.3, 0.4) is 0 Å². The third-order valence-electron chi connectivity index (χ3n) is 4.75. The Morgan fingerprint density at radius 1 is 0.958 bits per heavy atom. The molecule has 0 spiro atoms. The van der Waals surface area contributed by atoms with E-state index >= 15 is 0 Å². The number of fused-ring (bicyclic) bond motifs is 1. The quantitative estimate of drug-likeness (QED) is 0.661. The van der Waals surface area contributed by atoms with Gasteiger partial charge in [0.2, 0.25) is 0 Å². The highest BCUT2D eigenvalue weighted by Crippen LogP contribution is 2.39. The van der Waals surface area contributed by atoms with Gasteiger partial charge in [0.15, 0.2) is 0 Å². The smallest absolute Gasteiger partial charge is 0.0627 e. The second-order valence-corrected chi connectivity index (χ2v) is 8.02. The Morgan fingerprint density at radius 2 is 1.79 bits per heavy atom. The molecule has 3 aromatic rings. The lowest BCUT2D eigenvalue weighted by molar-refractivity contribution is 0.242. The molecular formula is C20H21BrN2S. The van der Waals surface area contributed by atoms with Crippen molar-refractivity contribution in [1.29, 1.82) is 0 Å². The second kappa shape index (κ2) is 7.36. The van der Waals surface area contributed by atoms with Crippen LogP contribution in [0, 0.1) is 0 Å². The first-order valence-corrected chi connectivity index (χ1v) is 10.2. The number of halogens is 1.